The van der Waals surface area contributed by atoms with E-state index in [1.54, 1.807) is 0 Å². The molecule has 2 fully saturated rings. The van der Waals surface area contributed by atoms with Crippen molar-refractivity contribution < 1.29 is 9.53 Å². The summed E-state index contributed by atoms with van der Waals surface area (Å²) in [6.07, 6.45) is 8.69. The zero-order chi connectivity index (χ0) is 12.3. The minimum atomic E-state index is -0.264. The summed E-state index contributed by atoms with van der Waals surface area (Å²) in [7, 11) is 0. The van der Waals surface area contributed by atoms with E-state index in [0.717, 1.165) is 12.8 Å². The lowest BCUT2D eigenvalue weighted by Crippen LogP contribution is -2.20. The molecule has 1 aliphatic heterocycles. The Hall–Kier alpha value is -1.05. The van der Waals surface area contributed by atoms with Crippen molar-refractivity contribution in [3.05, 3.63) is 23.8 Å². The number of esters is 1. The van der Waals surface area contributed by atoms with Crippen LogP contribution in [-0.4, -0.2) is 12.6 Å². The fourth-order valence-electron chi connectivity index (χ4n) is 3.75. The van der Waals surface area contributed by atoms with Crippen LogP contribution in [-0.2, 0) is 9.53 Å². The van der Waals surface area contributed by atoms with Gasteiger partial charge in [-0.25, -0.2) is 0 Å². The second-order valence-electron chi connectivity index (χ2n) is 6.40. The van der Waals surface area contributed by atoms with Crippen molar-refractivity contribution in [1.82, 2.24) is 0 Å². The van der Waals surface area contributed by atoms with Gasteiger partial charge in [0, 0.05) is 11.8 Å². The lowest BCUT2D eigenvalue weighted by molar-refractivity contribution is -0.144. The van der Waals surface area contributed by atoms with Crippen molar-refractivity contribution >= 4 is 5.97 Å². The van der Waals surface area contributed by atoms with Gasteiger partial charge in [0.15, 0.2) is 0 Å². The number of rotatable bonds is 2. The van der Waals surface area contributed by atoms with E-state index >= 15 is 0 Å². The van der Waals surface area contributed by atoms with Gasteiger partial charge in [-0.05, 0) is 25.2 Å². The number of carbonyl (C=O) groups is 1. The monoisotopic (exact) mass is 232 g/mol. The van der Waals surface area contributed by atoms with Crippen molar-refractivity contribution in [3.63, 3.8) is 0 Å². The predicted octanol–water partition coefficient (Wildman–Crippen LogP) is 3.10. The van der Waals surface area contributed by atoms with E-state index in [4.69, 9.17) is 4.74 Å². The Bertz CT molecular complexity index is 430. The molecule has 0 aromatic carbocycles. The molecule has 0 spiro atoms. The van der Waals surface area contributed by atoms with E-state index in [1.165, 1.54) is 5.57 Å². The van der Waals surface area contributed by atoms with E-state index in [2.05, 4.69) is 32.1 Å². The van der Waals surface area contributed by atoms with Gasteiger partial charge < -0.3 is 4.74 Å². The zero-order valence-electron chi connectivity index (χ0n) is 10.8. The average molecular weight is 232 g/mol. The summed E-state index contributed by atoms with van der Waals surface area (Å²) in [6.45, 7) is 7.19. The maximum atomic E-state index is 12.1. The molecule has 0 bridgehead atoms. The molecule has 0 unspecified atom stereocenters. The zero-order valence-corrected chi connectivity index (χ0v) is 10.8. The Kier molecular flexibility index (Phi) is 2.11. The molecule has 1 heterocycles. The van der Waals surface area contributed by atoms with Crippen molar-refractivity contribution in [2.24, 2.45) is 22.7 Å². The molecule has 17 heavy (non-hydrogen) atoms. The number of allylic oxidation sites excluding steroid dienone is 3. The van der Waals surface area contributed by atoms with Gasteiger partial charge in [-0.1, -0.05) is 37.6 Å². The highest BCUT2D eigenvalue weighted by atomic mass is 16.5. The topological polar surface area (TPSA) is 26.3 Å². The van der Waals surface area contributed by atoms with Gasteiger partial charge in [0.2, 0.25) is 0 Å². The largest absolute Gasteiger partial charge is 0.465 e. The Balaban J connectivity index is 1.93. The van der Waals surface area contributed by atoms with Gasteiger partial charge in [0.05, 0.1) is 6.61 Å². The smallest absolute Gasteiger partial charge is 0.317 e. The van der Waals surface area contributed by atoms with Crippen LogP contribution in [0.3, 0.4) is 0 Å². The van der Waals surface area contributed by atoms with Crippen LogP contribution >= 0.6 is 0 Å². The van der Waals surface area contributed by atoms with E-state index in [1.807, 2.05) is 6.92 Å². The van der Waals surface area contributed by atoms with Crippen LogP contribution in [0, 0.1) is 22.7 Å². The Labute approximate surface area is 103 Å². The molecule has 92 valence electrons. The predicted molar refractivity (Wildman–Crippen MR) is 66.3 cm³/mol. The molecule has 3 atom stereocenters. The molecule has 2 aliphatic carbocycles. The molecule has 0 aromatic rings. The highest BCUT2D eigenvalue weighted by Crippen LogP contribution is 2.70. The van der Waals surface area contributed by atoms with Gasteiger partial charge in [-0.3, -0.25) is 4.79 Å². The van der Waals surface area contributed by atoms with Gasteiger partial charge in [-0.2, -0.15) is 0 Å². The highest BCUT2D eigenvalue weighted by Gasteiger charge is 2.75. The highest BCUT2D eigenvalue weighted by molar-refractivity contribution is 5.89. The number of carbonyl (C=O) groups excluding carboxylic acids is 1. The molecule has 0 amide bonds. The summed E-state index contributed by atoms with van der Waals surface area (Å²) in [5, 5.41) is 0. The molecule has 0 aromatic heterocycles. The molecule has 0 N–H and O–H groups in total. The van der Waals surface area contributed by atoms with Crippen molar-refractivity contribution in [3.8, 4) is 0 Å². The lowest BCUT2D eigenvalue weighted by Gasteiger charge is -2.20. The summed E-state index contributed by atoms with van der Waals surface area (Å²) in [4.78, 5) is 12.1. The van der Waals surface area contributed by atoms with Crippen LogP contribution in [0.2, 0.25) is 0 Å². The second-order valence-corrected chi connectivity index (χ2v) is 6.40. The first kappa shape index (κ1) is 11.1. The molecule has 2 nitrogen and oxygen atoms in total. The van der Waals surface area contributed by atoms with Crippen molar-refractivity contribution in [2.45, 2.75) is 33.6 Å². The first-order chi connectivity index (χ1) is 8.02. The summed E-state index contributed by atoms with van der Waals surface area (Å²) < 4.78 is 5.26. The normalized spacial score (nSPS) is 42.5. The van der Waals surface area contributed by atoms with E-state index in [-0.39, 0.29) is 11.4 Å². The van der Waals surface area contributed by atoms with Crippen LogP contribution in [0.5, 0.6) is 0 Å². The minimum absolute atomic E-state index is 0.0227. The van der Waals surface area contributed by atoms with Crippen LogP contribution in [0.25, 0.3) is 0 Å². The van der Waals surface area contributed by atoms with Crippen LogP contribution < -0.4 is 0 Å². The van der Waals surface area contributed by atoms with Gasteiger partial charge in [0.1, 0.15) is 5.41 Å². The first-order valence-electron chi connectivity index (χ1n) is 6.52. The van der Waals surface area contributed by atoms with Crippen LogP contribution in [0.15, 0.2) is 23.8 Å². The summed E-state index contributed by atoms with van der Waals surface area (Å²) in [6, 6.07) is 0. The number of ether oxygens (including phenoxy) is 1. The molecule has 1 saturated carbocycles. The minimum Gasteiger partial charge on any atom is -0.465 e. The summed E-state index contributed by atoms with van der Waals surface area (Å²) >= 11 is 0. The van der Waals surface area contributed by atoms with Gasteiger partial charge in [0.25, 0.3) is 0 Å². The van der Waals surface area contributed by atoms with E-state index < -0.39 is 0 Å². The SMILES string of the molecule is C/C=C/[C@@H]1[C@@H]2COC(=O)[C@]12C1=CCC(C)(C)C1. The number of hydrogen-bond donors (Lipinski definition) is 0. The van der Waals surface area contributed by atoms with Crippen LogP contribution in [0.4, 0.5) is 0 Å². The van der Waals surface area contributed by atoms with Gasteiger partial charge >= 0.3 is 5.97 Å². The summed E-state index contributed by atoms with van der Waals surface area (Å²) in [5.41, 5.74) is 1.40. The Morgan fingerprint density at radius 2 is 2.24 bits per heavy atom. The third-order valence-electron chi connectivity index (χ3n) is 4.67. The summed E-state index contributed by atoms with van der Waals surface area (Å²) in [5.74, 6) is 0.829. The maximum absolute atomic E-state index is 12.1. The molecule has 0 radical (unpaired) electrons. The fraction of sp³-hybridized carbons (Fsp3) is 0.667. The number of hydrogen-bond acceptors (Lipinski definition) is 2. The lowest BCUT2D eigenvalue weighted by atomic mass is 9.84. The molecular formula is C15H20O2. The van der Waals surface area contributed by atoms with Crippen molar-refractivity contribution in [1.29, 1.82) is 0 Å². The molecule has 1 saturated heterocycles. The van der Waals surface area contributed by atoms with Crippen molar-refractivity contribution in [2.75, 3.05) is 6.61 Å². The third-order valence-corrected chi connectivity index (χ3v) is 4.67. The van der Waals surface area contributed by atoms with E-state index in [9.17, 15) is 4.79 Å². The number of cyclic esters (lactones) is 1. The molecular weight excluding hydrogens is 212 g/mol. The first-order valence-corrected chi connectivity index (χ1v) is 6.52. The van der Waals surface area contributed by atoms with E-state index in [0.29, 0.717) is 23.9 Å². The molecule has 2 heteroatoms. The van der Waals surface area contributed by atoms with Gasteiger partial charge in [-0.15, -0.1) is 0 Å². The Morgan fingerprint density at radius 3 is 2.82 bits per heavy atom. The van der Waals surface area contributed by atoms with Crippen LogP contribution in [0.1, 0.15) is 33.6 Å². The maximum Gasteiger partial charge on any atom is 0.317 e. The quantitative estimate of drug-likeness (QED) is 0.540. The number of fused-ring (bicyclic) bond motifs is 1. The fourth-order valence-corrected chi connectivity index (χ4v) is 3.75. The Morgan fingerprint density at radius 1 is 1.47 bits per heavy atom. The molecule has 3 rings (SSSR count). The second kappa shape index (κ2) is 3.24. The third kappa shape index (κ3) is 1.30. The average Bonchev–Trinajstić information content (AvgIpc) is 2.54. The molecule has 3 aliphatic rings. The standard InChI is InChI=1S/C15H20O2/c1-4-5-11-12-9-17-13(16)15(11,12)10-6-7-14(2,3)8-10/h4-6,11-12H,7-9H2,1-3H3/b5-4+/t11-,12+,15-/m1/s1.